The molecule has 0 fully saturated rings. The van der Waals surface area contributed by atoms with Crippen molar-refractivity contribution in [3.8, 4) is 11.4 Å². The van der Waals surface area contributed by atoms with Crippen LogP contribution < -0.4 is 5.69 Å². The lowest BCUT2D eigenvalue weighted by atomic mass is 10.1. The SMILES string of the molecule is CCc1c(C)sc2c1c1nc(-c3ccncc3)nn1c(=O)n2Cc1ccccc1. The van der Waals surface area contributed by atoms with Crippen LogP contribution in [0.4, 0.5) is 0 Å². The number of fused-ring (bicyclic) bond motifs is 3. The first kappa shape index (κ1) is 17.8. The maximum Gasteiger partial charge on any atom is 0.352 e. The molecule has 4 heterocycles. The number of aromatic nitrogens is 5. The molecule has 0 spiro atoms. The molecule has 0 aliphatic rings. The minimum absolute atomic E-state index is 0.173. The van der Waals surface area contributed by atoms with Crippen LogP contribution in [0.15, 0.2) is 59.7 Å². The Labute approximate surface area is 171 Å². The van der Waals surface area contributed by atoms with Crippen molar-refractivity contribution in [1.82, 2.24) is 24.1 Å². The zero-order valence-electron chi connectivity index (χ0n) is 16.2. The van der Waals surface area contributed by atoms with Crippen LogP contribution in [0, 0.1) is 6.92 Å². The summed E-state index contributed by atoms with van der Waals surface area (Å²) in [5.41, 5.74) is 3.60. The molecule has 0 saturated heterocycles. The molecule has 0 aliphatic carbocycles. The number of aryl methyl sites for hydroxylation is 2. The van der Waals surface area contributed by atoms with Crippen molar-refractivity contribution >= 4 is 27.2 Å². The van der Waals surface area contributed by atoms with E-state index >= 15 is 0 Å². The Balaban J connectivity index is 1.85. The van der Waals surface area contributed by atoms with E-state index in [1.807, 2.05) is 47.0 Å². The second-order valence-corrected chi connectivity index (χ2v) is 8.13. The van der Waals surface area contributed by atoms with Gasteiger partial charge in [0.1, 0.15) is 4.83 Å². The minimum Gasteiger partial charge on any atom is -0.278 e. The van der Waals surface area contributed by atoms with E-state index in [1.54, 1.807) is 23.7 Å². The summed E-state index contributed by atoms with van der Waals surface area (Å²) in [6.45, 7) is 4.74. The van der Waals surface area contributed by atoms with Gasteiger partial charge in [0.15, 0.2) is 11.5 Å². The van der Waals surface area contributed by atoms with E-state index in [9.17, 15) is 4.79 Å². The van der Waals surface area contributed by atoms with Crippen molar-refractivity contribution in [3.05, 3.63) is 81.3 Å². The van der Waals surface area contributed by atoms with Gasteiger partial charge in [0.25, 0.3) is 0 Å². The molecular weight excluding hydrogens is 382 g/mol. The predicted octanol–water partition coefficient (Wildman–Crippen LogP) is 4.09. The molecule has 4 aromatic heterocycles. The Hall–Kier alpha value is -3.32. The standard InChI is InChI=1S/C22H19N5OS/c1-3-17-14(2)29-21-18(17)20-24-19(16-9-11-23-12-10-16)25-27(20)22(28)26(21)13-15-7-5-4-6-8-15/h4-12H,3,13H2,1-2H3. The summed E-state index contributed by atoms with van der Waals surface area (Å²) in [6.07, 6.45) is 4.29. The van der Waals surface area contributed by atoms with Crippen LogP contribution >= 0.6 is 11.3 Å². The highest BCUT2D eigenvalue weighted by Gasteiger charge is 2.21. The number of nitrogens with zero attached hydrogens (tertiary/aromatic N) is 5. The Morgan fingerprint density at radius 3 is 2.55 bits per heavy atom. The molecule has 0 N–H and O–H groups in total. The summed E-state index contributed by atoms with van der Waals surface area (Å²) >= 11 is 1.66. The third kappa shape index (κ3) is 2.86. The molecule has 1 aromatic carbocycles. The van der Waals surface area contributed by atoms with Gasteiger partial charge in [-0.05, 0) is 36.6 Å². The van der Waals surface area contributed by atoms with E-state index < -0.39 is 0 Å². The van der Waals surface area contributed by atoms with Crippen molar-refractivity contribution in [2.45, 2.75) is 26.8 Å². The second kappa shape index (κ2) is 6.93. The Morgan fingerprint density at radius 1 is 1.07 bits per heavy atom. The molecular formula is C22H19N5OS. The number of thiophene rings is 1. The molecule has 0 saturated carbocycles. The molecule has 0 amide bonds. The van der Waals surface area contributed by atoms with E-state index in [4.69, 9.17) is 4.98 Å². The van der Waals surface area contributed by atoms with E-state index in [1.165, 1.54) is 15.0 Å². The number of hydrogen-bond acceptors (Lipinski definition) is 5. The first-order valence-corrected chi connectivity index (χ1v) is 10.3. The summed E-state index contributed by atoms with van der Waals surface area (Å²) in [4.78, 5) is 24.4. The monoisotopic (exact) mass is 401 g/mol. The van der Waals surface area contributed by atoms with E-state index in [0.29, 0.717) is 18.0 Å². The predicted molar refractivity (Wildman–Crippen MR) is 116 cm³/mol. The number of hydrogen-bond donors (Lipinski definition) is 0. The maximum absolute atomic E-state index is 13.4. The number of rotatable bonds is 4. The molecule has 7 heteroatoms. The Morgan fingerprint density at radius 2 is 1.83 bits per heavy atom. The fourth-order valence-corrected chi connectivity index (χ4v) is 4.98. The van der Waals surface area contributed by atoms with Crippen LogP contribution in [0.5, 0.6) is 0 Å². The zero-order valence-corrected chi connectivity index (χ0v) is 17.0. The minimum atomic E-state index is -0.173. The molecule has 0 bridgehead atoms. The van der Waals surface area contributed by atoms with Crippen LogP contribution in [0.25, 0.3) is 27.3 Å². The van der Waals surface area contributed by atoms with Crippen LogP contribution in [-0.4, -0.2) is 24.1 Å². The molecule has 0 radical (unpaired) electrons. The van der Waals surface area contributed by atoms with Gasteiger partial charge in [0.2, 0.25) is 0 Å². The van der Waals surface area contributed by atoms with Crippen LogP contribution in [-0.2, 0) is 13.0 Å². The highest BCUT2D eigenvalue weighted by atomic mass is 32.1. The molecule has 144 valence electrons. The quantitative estimate of drug-likeness (QED) is 0.455. The molecule has 0 aliphatic heterocycles. The zero-order chi connectivity index (χ0) is 20.0. The molecule has 0 atom stereocenters. The highest BCUT2D eigenvalue weighted by Crippen LogP contribution is 2.33. The van der Waals surface area contributed by atoms with Gasteiger partial charge in [-0.1, -0.05) is 37.3 Å². The Bertz CT molecular complexity index is 1380. The molecule has 29 heavy (non-hydrogen) atoms. The number of benzene rings is 1. The summed E-state index contributed by atoms with van der Waals surface area (Å²) in [5.74, 6) is 0.536. The van der Waals surface area contributed by atoms with Crippen LogP contribution in [0.2, 0.25) is 0 Å². The van der Waals surface area contributed by atoms with Crippen molar-refractivity contribution in [2.75, 3.05) is 0 Å². The summed E-state index contributed by atoms with van der Waals surface area (Å²) < 4.78 is 3.27. The van der Waals surface area contributed by atoms with Crippen molar-refractivity contribution in [2.24, 2.45) is 0 Å². The highest BCUT2D eigenvalue weighted by molar-refractivity contribution is 7.19. The van der Waals surface area contributed by atoms with Gasteiger partial charge in [0, 0.05) is 22.8 Å². The van der Waals surface area contributed by atoms with Crippen LogP contribution in [0.1, 0.15) is 22.9 Å². The van der Waals surface area contributed by atoms with Gasteiger partial charge in [-0.25, -0.2) is 9.78 Å². The first-order valence-electron chi connectivity index (χ1n) is 9.53. The Kier molecular flexibility index (Phi) is 4.24. The van der Waals surface area contributed by atoms with Crippen LogP contribution in [0.3, 0.4) is 0 Å². The van der Waals surface area contributed by atoms with Gasteiger partial charge in [-0.3, -0.25) is 9.55 Å². The van der Waals surface area contributed by atoms with E-state index in [-0.39, 0.29) is 5.69 Å². The summed E-state index contributed by atoms with van der Waals surface area (Å²) in [6, 6.07) is 13.7. The van der Waals surface area contributed by atoms with Gasteiger partial charge in [-0.15, -0.1) is 16.4 Å². The first-order chi connectivity index (χ1) is 14.2. The van der Waals surface area contributed by atoms with Gasteiger partial charge in [0.05, 0.1) is 11.9 Å². The summed E-state index contributed by atoms with van der Waals surface area (Å²) in [7, 11) is 0. The van der Waals surface area contributed by atoms with Crippen molar-refractivity contribution < 1.29 is 0 Å². The topological polar surface area (TPSA) is 65.1 Å². The lowest BCUT2D eigenvalue weighted by Gasteiger charge is -2.09. The second-order valence-electron chi connectivity index (χ2n) is 6.93. The molecule has 0 unspecified atom stereocenters. The fraction of sp³-hybridized carbons (Fsp3) is 0.182. The van der Waals surface area contributed by atoms with Crippen molar-refractivity contribution in [3.63, 3.8) is 0 Å². The van der Waals surface area contributed by atoms with Crippen molar-refractivity contribution in [1.29, 1.82) is 0 Å². The largest absolute Gasteiger partial charge is 0.352 e. The smallest absolute Gasteiger partial charge is 0.278 e. The third-order valence-corrected chi connectivity index (χ3v) is 6.32. The molecule has 5 rings (SSSR count). The fourth-order valence-electron chi connectivity index (χ4n) is 3.75. The normalized spacial score (nSPS) is 11.5. The average molecular weight is 401 g/mol. The number of pyridine rings is 1. The van der Waals surface area contributed by atoms with Gasteiger partial charge < -0.3 is 0 Å². The third-order valence-electron chi connectivity index (χ3n) is 5.15. The maximum atomic E-state index is 13.4. The van der Waals surface area contributed by atoms with Gasteiger partial charge >= 0.3 is 5.69 Å². The summed E-state index contributed by atoms with van der Waals surface area (Å²) in [5, 5.41) is 5.59. The lowest BCUT2D eigenvalue weighted by Crippen LogP contribution is -2.28. The lowest BCUT2D eigenvalue weighted by molar-refractivity contribution is 0.720. The van der Waals surface area contributed by atoms with E-state index in [2.05, 4.69) is 23.9 Å². The molecule has 6 nitrogen and oxygen atoms in total. The van der Waals surface area contributed by atoms with Gasteiger partial charge in [-0.2, -0.15) is 4.52 Å². The molecule has 5 aromatic rings. The average Bonchev–Trinajstić information content (AvgIpc) is 3.33. The van der Waals surface area contributed by atoms with E-state index in [0.717, 1.165) is 27.8 Å².